The van der Waals surface area contributed by atoms with Gasteiger partial charge >= 0.3 is 0 Å². The first-order valence-corrected chi connectivity index (χ1v) is 7.74. The molecule has 1 fully saturated rings. The van der Waals surface area contributed by atoms with Crippen LogP contribution in [-0.2, 0) is 9.53 Å². The highest BCUT2D eigenvalue weighted by Gasteiger charge is 2.35. The van der Waals surface area contributed by atoms with Gasteiger partial charge in [0.2, 0.25) is 5.91 Å². The molecule has 0 spiro atoms. The van der Waals surface area contributed by atoms with Crippen LogP contribution in [0.5, 0.6) is 0 Å². The molecule has 0 unspecified atom stereocenters. The van der Waals surface area contributed by atoms with E-state index < -0.39 is 23.9 Å². The zero-order valence-corrected chi connectivity index (χ0v) is 13.8. The van der Waals surface area contributed by atoms with Crippen LogP contribution >= 0.6 is 0 Å². The van der Waals surface area contributed by atoms with Crippen molar-refractivity contribution in [1.82, 2.24) is 19.5 Å². The summed E-state index contributed by atoms with van der Waals surface area (Å²) in [6, 6.07) is 0. The fourth-order valence-electron chi connectivity index (χ4n) is 2.50. The fraction of sp³-hybridized carbons (Fsp3) is 0.600. The molecular weight excluding hydrogens is 314 g/mol. The van der Waals surface area contributed by atoms with E-state index in [2.05, 4.69) is 20.3 Å². The van der Waals surface area contributed by atoms with E-state index in [1.807, 2.05) is 20.8 Å². The molecule has 0 radical (unpaired) electrons. The number of rotatable bonds is 3. The Morgan fingerprint density at radius 2 is 2.17 bits per heavy atom. The molecule has 2 aromatic heterocycles. The van der Waals surface area contributed by atoms with E-state index in [1.165, 1.54) is 12.7 Å². The number of nitrogens with zero attached hydrogens (tertiary/aromatic N) is 4. The number of carbonyl (C=O) groups excluding carboxylic acids is 1. The summed E-state index contributed by atoms with van der Waals surface area (Å²) in [6.07, 6.45) is 1.33. The number of aliphatic hydroxyl groups is 2. The zero-order chi connectivity index (χ0) is 17.5. The third-order valence-corrected chi connectivity index (χ3v) is 3.97. The van der Waals surface area contributed by atoms with Crippen molar-refractivity contribution in [1.29, 1.82) is 0 Å². The predicted octanol–water partition coefficient (Wildman–Crippen LogP) is 0.452. The van der Waals surface area contributed by atoms with Gasteiger partial charge < -0.3 is 20.3 Å². The van der Waals surface area contributed by atoms with Gasteiger partial charge in [-0.05, 0) is 0 Å². The Kier molecular flexibility index (Phi) is 4.24. The Hall–Kier alpha value is -2.10. The van der Waals surface area contributed by atoms with Crippen LogP contribution in [0.4, 0.5) is 5.82 Å². The summed E-state index contributed by atoms with van der Waals surface area (Å²) in [5.74, 6) is 0.154. The normalized spacial score (nSPS) is 24.5. The molecule has 0 saturated carbocycles. The minimum Gasteiger partial charge on any atom is -0.394 e. The largest absolute Gasteiger partial charge is 0.394 e. The highest BCUT2D eigenvalue weighted by atomic mass is 16.5. The van der Waals surface area contributed by atoms with Crippen molar-refractivity contribution in [3.63, 3.8) is 0 Å². The minimum absolute atomic E-state index is 0.176. The number of carbonyl (C=O) groups is 1. The molecule has 0 aromatic carbocycles. The van der Waals surface area contributed by atoms with E-state index in [4.69, 9.17) is 4.74 Å². The molecule has 1 amide bonds. The van der Waals surface area contributed by atoms with Gasteiger partial charge in [-0.2, -0.15) is 0 Å². The second-order valence-electron chi connectivity index (χ2n) is 6.87. The van der Waals surface area contributed by atoms with Crippen molar-refractivity contribution in [2.45, 2.75) is 45.6 Å². The number of aromatic nitrogens is 4. The molecule has 3 N–H and O–H groups in total. The third-order valence-electron chi connectivity index (χ3n) is 3.97. The molecule has 0 aliphatic carbocycles. The van der Waals surface area contributed by atoms with Gasteiger partial charge in [-0.15, -0.1) is 0 Å². The highest BCUT2D eigenvalue weighted by Crippen LogP contribution is 2.31. The topological polar surface area (TPSA) is 122 Å². The number of aliphatic hydroxyl groups excluding tert-OH is 2. The van der Waals surface area contributed by atoms with Crippen molar-refractivity contribution >= 4 is 22.9 Å². The average molecular weight is 335 g/mol. The molecule has 24 heavy (non-hydrogen) atoms. The number of hydrogen-bond acceptors (Lipinski definition) is 7. The van der Waals surface area contributed by atoms with Gasteiger partial charge in [-0.1, -0.05) is 20.8 Å². The Labute approximate surface area is 138 Å². The van der Waals surface area contributed by atoms with Gasteiger partial charge in [0, 0.05) is 11.8 Å². The van der Waals surface area contributed by atoms with E-state index in [0.29, 0.717) is 23.4 Å². The maximum absolute atomic E-state index is 12.2. The number of ether oxygens (including phenoxy) is 1. The second-order valence-corrected chi connectivity index (χ2v) is 6.87. The maximum atomic E-state index is 12.2. The lowest BCUT2D eigenvalue weighted by Crippen LogP contribution is -2.28. The Morgan fingerprint density at radius 1 is 1.42 bits per heavy atom. The van der Waals surface area contributed by atoms with E-state index in [-0.39, 0.29) is 12.5 Å². The minimum atomic E-state index is -0.751. The van der Waals surface area contributed by atoms with Gasteiger partial charge in [0.15, 0.2) is 17.0 Å². The molecule has 9 nitrogen and oxygen atoms in total. The van der Waals surface area contributed by atoms with Crippen molar-refractivity contribution in [2.75, 3.05) is 11.9 Å². The molecular formula is C15H21N5O4. The molecule has 1 saturated heterocycles. The van der Waals surface area contributed by atoms with Crippen LogP contribution in [0.15, 0.2) is 12.7 Å². The summed E-state index contributed by atoms with van der Waals surface area (Å²) in [5.41, 5.74) is 0.373. The first-order valence-electron chi connectivity index (χ1n) is 7.74. The van der Waals surface area contributed by atoms with E-state index in [1.54, 1.807) is 4.57 Å². The van der Waals surface area contributed by atoms with Gasteiger partial charge in [0.25, 0.3) is 0 Å². The SMILES string of the molecule is CC(C)(C)C(=O)Nc1ncnc2c1ncn2[C@H]1C[C@H](O)[C@@H](CO)O1. The van der Waals surface area contributed by atoms with E-state index in [0.717, 1.165) is 0 Å². The second kappa shape index (κ2) is 6.08. The van der Waals surface area contributed by atoms with Crippen LogP contribution in [0.1, 0.15) is 33.4 Å². The van der Waals surface area contributed by atoms with Gasteiger partial charge in [0.1, 0.15) is 18.7 Å². The summed E-state index contributed by atoms with van der Waals surface area (Å²) in [7, 11) is 0. The lowest BCUT2D eigenvalue weighted by Gasteiger charge is -2.17. The van der Waals surface area contributed by atoms with Crippen LogP contribution in [-0.4, -0.2) is 54.5 Å². The van der Waals surface area contributed by atoms with Gasteiger partial charge in [0.05, 0.1) is 19.0 Å². The number of imidazole rings is 1. The molecule has 1 aliphatic heterocycles. The lowest BCUT2D eigenvalue weighted by atomic mass is 9.96. The van der Waals surface area contributed by atoms with E-state index >= 15 is 0 Å². The van der Waals surface area contributed by atoms with Crippen LogP contribution < -0.4 is 5.32 Å². The molecule has 0 bridgehead atoms. The molecule has 2 aromatic rings. The quantitative estimate of drug-likeness (QED) is 0.744. The Balaban J connectivity index is 1.91. The fourth-order valence-corrected chi connectivity index (χ4v) is 2.50. The smallest absolute Gasteiger partial charge is 0.230 e. The Bertz CT molecular complexity index is 754. The van der Waals surface area contributed by atoms with Crippen molar-refractivity contribution in [2.24, 2.45) is 5.41 Å². The molecule has 3 heterocycles. The first-order chi connectivity index (χ1) is 11.3. The highest BCUT2D eigenvalue weighted by molar-refractivity contribution is 5.99. The van der Waals surface area contributed by atoms with Crippen LogP contribution in [0.25, 0.3) is 11.2 Å². The lowest BCUT2D eigenvalue weighted by molar-refractivity contribution is -0.123. The first kappa shape index (κ1) is 16.7. The number of anilines is 1. The number of hydrogen-bond donors (Lipinski definition) is 3. The number of nitrogens with one attached hydrogen (secondary N) is 1. The van der Waals surface area contributed by atoms with Gasteiger partial charge in [-0.25, -0.2) is 15.0 Å². The summed E-state index contributed by atoms with van der Waals surface area (Å²) < 4.78 is 7.30. The maximum Gasteiger partial charge on any atom is 0.230 e. The van der Waals surface area contributed by atoms with Gasteiger partial charge in [-0.3, -0.25) is 9.36 Å². The summed E-state index contributed by atoms with van der Waals surface area (Å²) in [6.45, 7) is 5.17. The number of fused-ring (bicyclic) bond motifs is 1. The molecule has 3 rings (SSSR count). The van der Waals surface area contributed by atoms with Crippen molar-refractivity contribution in [3.05, 3.63) is 12.7 Å². The standard InChI is InChI=1S/C15H21N5O4/c1-15(2,3)14(23)19-12-11-13(17-6-16-12)20(7-18-11)10-4-8(22)9(5-21)24-10/h6-10,21-22H,4-5H2,1-3H3,(H,16,17,19,23)/t8-,9+,10+/m0/s1. The molecule has 9 heteroatoms. The Morgan fingerprint density at radius 3 is 2.79 bits per heavy atom. The summed E-state index contributed by atoms with van der Waals surface area (Å²) >= 11 is 0. The zero-order valence-electron chi connectivity index (χ0n) is 13.8. The predicted molar refractivity (Wildman–Crippen MR) is 85.0 cm³/mol. The number of amides is 1. The van der Waals surface area contributed by atoms with Crippen molar-refractivity contribution < 1.29 is 19.7 Å². The average Bonchev–Trinajstić information content (AvgIpc) is 3.10. The van der Waals surface area contributed by atoms with Crippen LogP contribution in [0.3, 0.4) is 0 Å². The van der Waals surface area contributed by atoms with Crippen LogP contribution in [0, 0.1) is 5.41 Å². The van der Waals surface area contributed by atoms with Crippen molar-refractivity contribution in [3.8, 4) is 0 Å². The third kappa shape index (κ3) is 2.97. The van der Waals surface area contributed by atoms with Crippen LogP contribution in [0.2, 0.25) is 0 Å². The summed E-state index contributed by atoms with van der Waals surface area (Å²) in [4.78, 5) is 24.8. The molecule has 1 aliphatic rings. The molecule has 130 valence electrons. The summed E-state index contributed by atoms with van der Waals surface area (Å²) in [5, 5.41) is 21.8. The van der Waals surface area contributed by atoms with E-state index in [9.17, 15) is 15.0 Å². The monoisotopic (exact) mass is 335 g/mol. The molecule has 3 atom stereocenters.